The topological polar surface area (TPSA) is 57.2 Å². The van der Waals surface area contributed by atoms with Crippen LogP contribution >= 0.6 is 0 Å². The normalized spacial score (nSPS) is 21.0. The van der Waals surface area contributed by atoms with E-state index < -0.39 is 0 Å². The SMILES string of the molecule is CCOc1ccc(/C=C/C(=O)N2CCCC(C3OCCO3)C2)cc1OCC. The van der Waals surface area contributed by atoms with Gasteiger partial charge < -0.3 is 23.8 Å². The lowest BCUT2D eigenvalue weighted by atomic mass is 9.97. The molecule has 0 aliphatic carbocycles. The van der Waals surface area contributed by atoms with E-state index in [-0.39, 0.29) is 18.1 Å². The van der Waals surface area contributed by atoms with Crippen LogP contribution in [-0.2, 0) is 14.3 Å². The van der Waals surface area contributed by atoms with Gasteiger partial charge in [-0.15, -0.1) is 0 Å². The number of piperidine rings is 1. The number of ether oxygens (including phenoxy) is 4. The van der Waals surface area contributed by atoms with Crippen molar-refractivity contribution < 1.29 is 23.7 Å². The highest BCUT2D eigenvalue weighted by atomic mass is 16.7. The Morgan fingerprint density at radius 3 is 2.67 bits per heavy atom. The number of nitrogens with zero attached hydrogens (tertiary/aromatic N) is 1. The van der Waals surface area contributed by atoms with Gasteiger partial charge in [0.15, 0.2) is 17.8 Å². The number of amides is 1. The smallest absolute Gasteiger partial charge is 0.246 e. The van der Waals surface area contributed by atoms with Crippen LogP contribution in [-0.4, -0.2) is 56.6 Å². The molecule has 148 valence electrons. The molecule has 0 aromatic heterocycles. The number of hydrogen-bond donors (Lipinski definition) is 0. The summed E-state index contributed by atoms with van der Waals surface area (Å²) in [6.45, 7) is 7.78. The summed E-state index contributed by atoms with van der Waals surface area (Å²) in [6.07, 6.45) is 5.31. The van der Waals surface area contributed by atoms with Gasteiger partial charge in [0.1, 0.15) is 0 Å². The van der Waals surface area contributed by atoms with Crippen molar-refractivity contribution in [1.82, 2.24) is 4.90 Å². The lowest BCUT2D eigenvalue weighted by Gasteiger charge is -2.34. The van der Waals surface area contributed by atoms with E-state index in [1.54, 1.807) is 6.08 Å². The molecule has 2 aliphatic rings. The van der Waals surface area contributed by atoms with E-state index in [4.69, 9.17) is 18.9 Å². The molecule has 0 saturated carbocycles. The van der Waals surface area contributed by atoms with Crippen LogP contribution < -0.4 is 9.47 Å². The van der Waals surface area contributed by atoms with E-state index in [0.717, 1.165) is 30.7 Å². The molecule has 1 unspecified atom stereocenters. The summed E-state index contributed by atoms with van der Waals surface area (Å²) in [4.78, 5) is 14.5. The molecule has 2 heterocycles. The zero-order valence-electron chi connectivity index (χ0n) is 16.2. The van der Waals surface area contributed by atoms with Crippen molar-refractivity contribution in [1.29, 1.82) is 0 Å². The highest BCUT2D eigenvalue weighted by Crippen LogP contribution is 2.29. The van der Waals surface area contributed by atoms with Gasteiger partial charge in [0.05, 0.1) is 26.4 Å². The lowest BCUT2D eigenvalue weighted by Crippen LogP contribution is -2.43. The number of likely N-dealkylation sites (tertiary alicyclic amines) is 1. The molecule has 27 heavy (non-hydrogen) atoms. The Bertz CT molecular complexity index is 654. The molecule has 1 atom stereocenters. The van der Waals surface area contributed by atoms with Gasteiger partial charge in [0.2, 0.25) is 5.91 Å². The molecule has 1 aromatic carbocycles. The number of rotatable bonds is 7. The highest BCUT2D eigenvalue weighted by Gasteiger charge is 2.32. The van der Waals surface area contributed by atoms with Crippen molar-refractivity contribution in [2.75, 3.05) is 39.5 Å². The van der Waals surface area contributed by atoms with Gasteiger partial charge in [-0.2, -0.15) is 0 Å². The lowest BCUT2D eigenvalue weighted by molar-refractivity contribution is -0.134. The summed E-state index contributed by atoms with van der Waals surface area (Å²) >= 11 is 0. The van der Waals surface area contributed by atoms with E-state index in [9.17, 15) is 4.79 Å². The zero-order valence-corrected chi connectivity index (χ0v) is 16.2. The molecule has 0 N–H and O–H groups in total. The third-order valence-corrected chi connectivity index (χ3v) is 4.79. The molecule has 6 heteroatoms. The molecular weight excluding hydrogens is 346 g/mol. The fraction of sp³-hybridized carbons (Fsp3) is 0.571. The minimum absolute atomic E-state index is 0.0181. The molecule has 0 bridgehead atoms. The minimum Gasteiger partial charge on any atom is -0.490 e. The van der Waals surface area contributed by atoms with Crippen LogP contribution in [0.1, 0.15) is 32.3 Å². The fourth-order valence-corrected chi connectivity index (χ4v) is 3.53. The van der Waals surface area contributed by atoms with Gasteiger partial charge in [-0.25, -0.2) is 0 Å². The van der Waals surface area contributed by atoms with Gasteiger partial charge in [-0.3, -0.25) is 4.79 Å². The average molecular weight is 375 g/mol. The maximum absolute atomic E-state index is 12.6. The summed E-state index contributed by atoms with van der Waals surface area (Å²) in [6, 6.07) is 5.71. The quantitative estimate of drug-likeness (QED) is 0.686. The van der Waals surface area contributed by atoms with Crippen LogP contribution in [0, 0.1) is 5.92 Å². The summed E-state index contributed by atoms with van der Waals surface area (Å²) in [7, 11) is 0. The molecule has 1 aromatic rings. The predicted molar refractivity (Wildman–Crippen MR) is 103 cm³/mol. The van der Waals surface area contributed by atoms with Crippen LogP contribution in [0.15, 0.2) is 24.3 Å². The number of carbonyl (C=O) groups excluding carboxylic acids is 1. The molecular formula is C21H29NO5. The maximum Gasteiger partial charge on any atom is 0.246 e. The maximum atomic E-state index is 12.6. The molecule has 2 aliphatic heterocycles. The van der Waals surface area contributed by atoms with Crippen LogP contribution in [0.25, 0.3) is 6.08 Å². The van der Waals surface area contributed by atoms with E-state index in [2.05, 4.69) is 0 Å². The summed E-state index contributed by atoms with van der Waals surface area (Å²) in [5.41, 5.74) is 0.909. The molecule has 2 saturated heterocycles. The first-order valence-electron chi connectivity index (χ1n) is 9.81. The third kappa shape index (κ3) is 5.23. The van der Waals surface area contributed by atoms with Crippen LogP contribution in [0.5, 0.6) is 11.5 Å². The summed E-state index contributed by atoms with van der Waals surface area (Å²) in [5, 5.41) is 0. The predicted octanol–water partition coefficient (Wildman–Crippen LogP) is 3.11. The number of hydrogen-bond acceptors (Lipinski definition) is 5. The standard InChI is InChI=1S/C21H29NO5/c1-3-24-18-9-7-16(14-19(18)25-4-2)8-10-20(23)22-11-5-6-17(15-22)21-26-12-13-27-21/h7-10,14,17,21H,3-6,11-13,15H2,1-2H3/b10-8+. The zero-order chi connectivity index (χ0) is 19.1. The van der Waals surface area contributed by atoms with E-state index in [1.807, 2.05) is 43.0 Å². The van der Waals surface area contributed by atoms with Crippen LogP contribution in [0.2, 0.25) is 0 Å². The van der Waals surface area contributed by atoms with E-state index in [0.29, 0.717) is 38.7 Å². The van der Waals surface area contributed by atoms with Crippen molar-refractivity contribution in [2.45, 2.75) is 33.0 Å². The van der Waals surface area contributed by atoms with Crippen molar-refractivity contribution in [3.63, 3.8) is 0 Å². The number of benzene rings is 1. The molecule has 2 fully saturated rings. The first-order chi connectivity index (χ1) is 13.2. The monoisotopic (exact) mass is 375 g/mol. The Labute approximate surface area is 161 Å². The number of carbonyl (C=O) groups is 1. The third-order valence-electron chi connectivity index (χ3n) is 4.79. The fourth-order valence-electron chi connectivity index (χ4n) is 3.53. The van der Waals surface area contributed by atoms with Gasteiger partial charge in [-0.1, -0.05) is 6.07 Å². The Balaban J connectivity index is 1.62. The second-order valence-corrected chi connectivity index (χ2v) is 6.70. The average Bonchev–Trinajstić information content (AvgIpc) is 3.23. The Morgan fingerprint density at radius 1 is 1.19 bits per heavy atom. The van der Waals surface area contributed by atoms with Crippen molar-refractivity contribution in [2.24, 2.45) is 5.92 Å². The molecule has 0 spiro atoms. The Hall–Kier alpha value is -2.05. The summed E-state index contributed by atoms with van der Waals surface area (Å²) in [5.74, 6) is 1.69. The minimum atomic E-state index is -0.163. The first kappa shape index (κ1) is 19.7. The van der Waals surface area contributed by atoms with E-state index >= 15 is 0 Å². The Kier molecular flexibility index (Phi) is 7.12. The van der Waals surface area contributed by atoms with Crippen molar-refractivity contribution >= 4 is 12.0 Å². The second-order valence-electron chi connectivity index (χ2n) is 6.70. The largest absolute Gasteiger partial charge is 0.490 e. The second kappa shape index (κ2) is 9.76. The first-order valence-corrected chi connectivity index (χ1v) is 9.81. The van der Waals surface area contributed by atoms with Gasteiger partial charge in [0.25, 0.3) is 0 Å². The van der Waals surface area contributed by atoms with Gasteiger partial charge in [0, 0.05) is 25.1 Å². The van der Waals surface area contributed by atoms with Gasteiger partial charge >= 0.3 is 0 Å². The van der Waals surface area contributed by atoms with Crippen molar-refractivity contribution in [3.05, 3.63) is 29.8 Å². The van der Waals surface area contributed by atoms with Crippen molar-refractivity contribution in [3.8, 4) is 11.5 Å². The highest BCUT2D eigenvalue weighted by molar-refractivity contribution is 5.92. The molecule has 3 rings (SSSR count). The molecule has 0 radical (unpaired) electrons. The van der Waals surface area contributed by atoms with Crippen LogP contribution in [0.3, 0.4) is 0 Å². The van der Waals surface area contributed by atoms with Gasteiger partial charge in [-0.05, 0) is 50.5 Å². The van der Waals surface area contributed by atoms with Crippen LogP contribution in [0.4, 0.5) is 0 Å². The molecule has 1 amide bonds. The molecule has 6 nitrogen and oxygen atoms in total. The summed E-state index contributed by atoms with van der Waals surface area (Å²) < 4.78 is 22.4. The van der Waals surface area contributed by atoms with E-state index in [1.165, 1.54) is 0 Å². The Morgan fingerprint density at radius 2 is 1.93 bits per heavy atom.